The van der Waals surface area contributed by atoms with E-state index in [4.69, 9.17) is 10.4 Å². The van der Waals surface area contributed by atoms with E-state index in [9.17, 15) is 23.9 Å². The van der Waals surface area contributed by atoms with Gasteiger partial charge in [0.15, 0.2) is 0 Å². The molecule has 0 aliphatic carbocycles. The number of hydrogen-bond donors (Lipinski definition) is 3. The van der Waals surface area contributed by atoms with Crippen LogP contribution in [0, 0.1) is 0 Å². The van der Waals surface area contributed by atoms with Crippen LogP contribution in [0.2, 0.25) is 0 Å². The Bertz CT molecular complexity index is 371. The summed E-state index contributed by atoms with van der Waals surface area (Å²) in [6.45, 7) is 0.950. The largest absolute Gasteiger partial charge is 0.596 e. The van der Waals surface area contributed by atoms with Gasteiger partial charge in [-0.3, -0.25) is 9.32 Å². The predicted molar refractivity (Wildman–Crippen MR) is 58.1 cm³/mol. The third-order valence-corrected chi connectivity index (χ3v) is 5.20. The fraction of sp³-hybridized carbons (Fsp3) is 0.857. The molecule has 19 heavy (non-hydrogen) atoms. The minimum Gasteiger partial charge on any atom is -0.587 e. The summed E-state index contributed by atoms with van der Waals surface area (Å²) in [6.07, 6.45) is -0.816. The zero-order valence-corrected chi connectivity index (χ0v) is 11.7. The summed E-state index contributed by atoms with van der Waals surface area (Å²) in [5, 5.41) is 29.3. The number of hydrogen-bond acceptors (Lipinski definition) is 9. The van der Waals surface area contributed by atoms with E-state index in [1.807, 2.05) is 0 Å². The molecule has 0 aromatic carbocycles. The molecule has 0 fully saturated rings. The molecule has 3 unspecified atom stereocenters. The minimum absolute atomic E-state index is 0.0633. The van der Waals surface area contributed by atoms with Crippen LogP contribution in [0.3, 0.4) is 0 Å². The van der Waals surface area contributed by atoms with Gasteiger partial charge in [-0.15, -0.1) is 0 Å². The van der Waals surface area contributed by atoms with E-state index in [0.29, 0.717) is 0 Å². The molecular weight excluding hydrogens is 306 g/mol. The van der Waals surface area contributed by atoms with Crippen molar-refractivity contribution in [2.24, 2.45) is 0 Å². The number of rotatable bonds is 10. The van der Waals surface area contributed by atoms with Crippen LogP contribution in [0.25, 0.3) is 0 Å². The lowest BCUT2D eigenvalue weighted by Crippen LogP contribution is -2.32. The second-order valence-electron chi connectivity index (χ2n) is 3.59. The number of carboxylic acid groups (broad SMARTS) is 1. The standard InChI is InChI=1S/C7H14O10P2/c1-2-7(10,5-6(8)9)3-4-15-19(14,17-16-11)18(12)13/h10-11H,2-5H2,1H3,(H,8,9). The highest BCUT2D eigenvalue weighted by Crippen LogP contribution is 2.66. The highest BCUT2D eigenvalue weighted by Gasteiger charge is 2.44. The third kappa shape index (κ3) is 6.51. The first-order valence-corrected chi connectivity index (χ1v) is 8.45. The Labute approximate surface area is 109 Å². The molecule has 0 heterocycles. The quantitative estimate of drug-likeness (QED) is 0.295. The van der Waals surface area contributed by atoms with Gasteiger partial charge in [-0.2, -0.15) is 0 Å². The fourth-order valence-electron chi connectivity index (χ4n) is 1.16. The zero-order valence-electron chi connectivity index (χ0n) is 9.92. The highest BCUT2D eigenvalue weighted by atomic mass is 32.1. The van der Waals surface area contributed by atoms with Gasteiger partial charge in [0.25, 0.3) is 0 Å². The number of aliphatic carboxylic acids is 1. The first-order chi connectivity index (χ1) is 8.69. The molecule has 3 atom stereocenters. The molecule has 0 saturated heterocycles. The molecule has 10 nitrogen and oxygen atoms in total. The molecule has 0 aromatic heterocycles. The van der Waals surface area contributed by atoms with Crippen LogP contribution in [0.1, 0.15) is 26.2 Å². The van der Waals surface area contributed by atoms with Crippen molar-refractivity contribution in [3.05, 3.63) is 0 Å². The number of aliphatic hydroxyl groups is 1. The maximum absolute atomic E-state index is 11.4. The molecule has 0 rings (SSSR count). The minimum atomic E-state index is -4.70. The Hall–Kier alpha value is -0.440. The van der Waals surface area contributed by atoms with E-state index in [1.165, 1.54) is 6.92 Å². The van der Waals surface area contributed by atoms with Crippen LogP contribution in [-0.4, -0.2) is 33.6 Å². The second kappa shape index (κ2) is 7.98. The van der Waals surface area contributed by atoms with Crippen LogP contribution in [0.15, 0.2) is 0 Å². The van der Waals surface area contributed by atoms with Crippen molar-refractivity contribution in [3.8, 4) is 0 Å². The van der Waals surface area contributed by atoms with Gasteiger partial charge in [-0.05, 0) is 6.42 Å². The first-order valence-electron chi connectivity index (χ1n) is 5.02. The maximum Gasteiger partial charge on any atom is 0.596 e. The SMILES string of the molecule is CCC(O)(CCOP(=O)(OOO)[P+](=O)[O-])CC(=O)O. The maximum atomic E-state index is 11.4. The van der Waals surface area contributed by atoms with Gasteiger partial charge in [0.1, 0.15) is 0 Å². The number of carbonyl (C=O) groups is 1. The van der Waals surface area contributed by atoms with Crippen molar-refractivity contribution in [2.45, 2.75) is 31.8 Å². The Balaban J connectivity index is 4.50. The van der Waals surface area contributed by atoms with Crippen molar-refractivity contribution in [3.63, 3.8) is 0 Å². The average molecular weight is 320 g/mol. The monoisotopic (exact) mass is 320 g/mol. The smallest absolute Gasteiger partial charge is 0.587 e. The molecule has 0 radical (unpaired) electrons. The van der Waals surface area contributed by atoms with Crippen molar-refractivity contribution >= 4 is 21.0 Å². The summed E-state index contributed by atoms with van der Waals surface area (Å²) in [6, 6.07) is 0. The Morgan fingerprint density at radius 1 is 1.53 bits per heavy atom. The molecule has 0 bridgehead atoms. The van der Waals surface area contributed by atoms with Crippen molar-refractivity contribution in [1.29, 1.82) is 0 Å². The summed E-state index contributed by atoms with van der Waals surface area (Å²) in [4.78, 5) is 21.1. The molecule has 0 aromatic rings. The molecule has 0 saturated carbocycles. The lowest BCUT2D eigenvalue weighted by atomic mass is 9.93. The molecule has 0 aliphatic rings. The lowest BCUT2D eigenvalue weighted by Gasteiger charge is -2.24. The average Bonchev–Trinajstić information content (AvgIpc) is 2.28. The number of carboxylic acids is 1. The van der Waals surface area contributed by atoms with E-state index in [2.05, 4.69) is 14.2 Å². The lowest BCUT2D eigenvalue weighted by molar-refractivity contribution is -0.442. The molecule has 0 aliphatic heterocycles. The summed E-state index contributed by atoms with van der Waals surface area (Å²) in [5.74, 6) is -1.25. The van der Waals surface area contributed by atoms with Crippen molar-refractivity contribution in [2.75, 3.05) is 6.61 Å². The van der Waals surface area contributed by atoms with Gasteiger partial charge >= 0.3 is 21.0 Å². The van der Waals surface area contributed by atoms with Crippen LogP contribution < -0.4 is 4.89 Å². The molecular formula is C7H14O10P2. The Morgan fingerprint density at radius 3 is 2.47 bits per heavy atom. The van der Waals surface area contributed by atoms with Gasteiger partial charge in [0.05, 0.1) is 18.6 Å². The van der Waals surface area contributed by atoms with Crippen molar-refractivity contribution in [1.82, 2.24) is 0 Å². The Morgan fingerprint density at radius 2 is 2.11 bits per heavy atom. The van der Waals surface area contributed by atoms with Crippen LogP contribution in [0.5, 0.6) is 0 Å². The second-order valence-corrected chi connectivity index (χ2v) is 7.86. The van der Waals surface area contributed by atoms with Crippen molar-refractivity contribution < 1.29 is 48.5 Å². The summed E-state index contributed by atoms with van der Waals surface area (Å²) >= 11 is 0. The molecule has 112 valence electrons. The predicted octanol–water partition coefficient (Wildman–Crippen LogP) is 0.641. The Kier molecular flexibility index (Phi) is 7.80. The van der Waals surface area contributed by atoms with E-state index >= 15 is 0 Å². The molecule has 0 amide bonds. The summed E-state index contributed by atoms with van der Waals surface area (Å²) in [7, 11) is -8.39. The summed E-state index contributed by atoms with van der Waals surface area (Å²) < 4.78 is 30.0. The summed E-state index contributed by atoms with van der Waals surface area (Å²) in [5.41, 5.74) is -1.63. The van der Waals surface area contributed by atoms with Gasteiger partial charge in [0.2, 0.25) is 0 Å². The van der Waals surface area contributed by atoms with Crippen LogP contribution in [0.4, 0.5) is 0 Å². The van der Waals surface area contributed by atoms with Gasteiger partial charge < -0.3 is 15.1 Å². The van der Waals surface area contributed by atoms with Gasteiger partial charge in [0, 0.05) is 6.42 Å². The first kappa shape index (κ1) is 18.6. The molecule has 12 heteroatoms. The third-order valence-electron chi connectivity index (χ3n) is 2.29. The van der Waals surface area contributed by atoms with Crippen LogP contribution >= 0.6 is 15.0 Å². The van der Waals surface area contributed by atoms with Gasteiger partial charge in [-0.1, -0.05) is 21.2 Å². The van der Waals surface area contributed by atoms with E-state index in [1.54, 1.807) is 0 Å². The van der Waals surface area contributed by atoms with Crippen LogP contribution in [-0.2, 0) is 28.2 Å². The zero-order chi connectivity index (χ0) is 15.1. The fourth-order valence-corrected chi connectivity index (χ4v) is 2.54. The van der Waals surface area contributed by atoms with E-state index in [0.717, 1.165) is 0 Å². The molecule has 3 N–H and O–H groups in total. The highest BCUT2D eigenvalue weighted by molar-refractivity contribution is 8.20. The normalized spacial score (nSPS) is 18.4. The molecule has 0 spiro atoms. The van der Waals surface area contributed by atoms with E-state index < -0.39 is 39.6 Å². The van der Waals surface area contributed by atoms with E-state index in [-0.39, 0.29) is 12.8 Å². The van der Waals surface area contributed by atoms with Gasteiger partial charge in [-0.25, -0.2) is 9.82 Å². The topological polar surface area (TPSA) is 163 Å².